The number of carbonyl (C=O) groups is 2. The first-order valence-electron chi connectivity index (χ1n) is 10.4. The molecule has 156 valence electrons. The predicted molar refractivity (Wildman–Crippen MR) is 114 cm³/mol. The summed E-state index contributed by atoms with van der Waals surface area (Å²) in [7, 11) is 0. The SMILES string of the molecule is Cc1cccc(-c2cnc(NC(=O)[C@H]3CC[C@@]4(CC3)OC(=O)c3cnccc34)nc2)c1. The van der Waals surface area contributed by atoms with Crippen LogP contribution in [0.15, 0.2) is 55.1 Å². The van der Waals surface area contributed by atoms with Crippen molar-refractivity contribution in [1.82, 2.24) is 15.0 Å². The molecule has 2 aromatic heterocycles. The summed E-state index contributed by atoms with van der Waals surface area (Å²) in [4.78, 5) is 37.6. The molecule has 0 saturated heterocycles. The minimum absolute atomic E-state index is 0.0996. The van der Waals surface area contributed by atoms with Crippen LogP contribution in [0.5, 0.6) is 0 Å². The fourth-order valence-corrected chi connectivity index (χ4v) is 4.54. The average molecular weight is 414 g/mol. The van der Waals surface area contributed by atoms with Crippen molar-refractivity contribution in [3.63, 3.8) is 0 Å². The number of fused-ring (bicyclic) bond motifs is 2. The van der Waals surface area contributed by atoms with E-state index in [4.69, 9.17) is 4.74 Å². The molecular weight excluding hydrogens is 392 g/mol. The molecule has 1 saturated carbocycles. The van der Waals surface area contributed by atoms with Crippen molar-refractivity contribution in [3.8, 4) is 11.1 Å². The van der Waals surface area contributed by atoms with Crippen LogP contribution in [0.4, 0.5) is 5.95 Å². The normalized spacial score (nSPS) is 22.1. The molecule has 1 spiro atoms. The number of aromatic nitrogens is 3. The van der Waals surface area contributed by atoms with Gasteiger partial charge in [0, 0.05) is 41.8 Å². The van der Waals surface area contributed by atoms with Gasteiger partial charge in [0.1, 0.15) is 5.60 Å². The van der Waals surface area contributed by atoms with E-state index in [2.05, 4.69) is 26.3 Å². The molecule has 7 nitrogen and oxygen atoms in total. The van der Waals surface area contributed by atoms with Crippen LogP contribution >= 0.6 is 0 Å². The molecule has 1 aliphatic carbocycles. The third kappa shape index (κ3) is 3.56. The maximum absolute atomic E-state index is 12.8. The molecule has 1 N–H and O–H groups in total. The van der Waals surface area contributed by atoms with E-state index in [1.54, 1.807) is 24.8 Å². The number of hydrogen-bond acceptors (Lipinski definition) is 6. The van der Waals surface area contributed by atoms with Crippen LogP contribution in [0, 0.1) is 12.8 Å². The lowest BCUT2D eigenvalue weighted by Crippen LogP contribution is -2.36. The molecule has 1 fully saturated rings. The number of aryl methyl sites for hydroxylation is 1. The molecule has 0 radical (unpaired) electrons. The first-order chi connectivity index (χ1) is 15.0. The van der Waals surface area contributed by atoms with Crippen molar-refractivity contribution < 1.29 is 14.3 Å². The van der Waals surface area contributed by atoms with Crippen molar-refractivity contribution in [3.05, 3.63) is 71.8 Å². The summed E-state index contributed by atoms with van der Waals surface area (Å²) in [6, 6.07) is 9.96. The van der Waals surface area contributed by atoms with Gasteiger partial charge >= 0.3 is 5.97 Å². The maximum Gasteiger partial charge on any atom is 0.341 e. The zero-order chi connectivity index (χ0) is 21.4. The highest BCUT2D eigenvalue weighted by molar-refractivity contribution is 5.94. The summed E-state index contributed by atoms with van der Waals surface area (Å²) in [5.74, 6) is -0.300. The summed E-state index contributed by atoms with van der Waals surface area (Å²) in [6.45, 7) is 2.04. The summed E-state index contributed by atoms with van der Waals surface area (Å²) in [6.07, 6.45) is 9.15. The topological polar surface area (TPSA) is 94.1 Å². The van der Waals surface area contributed by atoms with Crippen molar-refractivity contribution >= 4 is 17.8 Å². The second-order valence-electron chi connectivity index (χ2n) is 8.23. The predicted octanol–water partition coefficient (Wildman–Crippen LogP) is 4.04. The van der Waals surface area contributed by atoms with Crippen LogP contribution in [0.2, 0.25) is 0 Å². The van der Waals surface area contributed by atoms with Crippen LogP contribution in [0.1, 0.15) is 47.2 Å². The lowest BCUT2D eigenvalue weighted by molar-refractivity contribution is -0.122. The highest BCUT2D eigenvalue weighted by Gasteiger charge is 2.48. The number of benzene rings is 1. The Kier molecular flexibility index (Phi) is 4.73. The Hall–Kier alpha value is -3.61. The van der Waals surface area contributed by atoms with Crippen LogP contribution in [0.25, 0.3) is 11.1 Å². The van der Waals surface area contributed by atoms with Gasteiger partial charge in [-0.2, -0.15) is 0 Å². The minimum Gasteiger partial charge on any atom is -0.451 e. The van der Waals surface area contributed by atoms with E-state index in [-0.39, 0.29) is 17.8 Å². The molecule has 5 rings (SSSR count). The van der Waals surface area contributed by atoms with E-state index >= 15 is 0 Å². The van der Waals surface area contributed by atoms with Crippen LogP contribution in [-0.2, 0) is 15.1 Å². The molecule has 2 aliphatic rings. The Morgan fingerprint density at radius 2 is 1.87 bits per heavy atom. The molecule has 1 aromatic carbocycles. The van der Waals surface area contributed by atoms with Crippen molar-refractivity contribution in [2.45, 2.75) is 38.2 Å². The maximum atomic E-state index is 12.8. The molecule has 1 amide bonds. The number of amides is 1. The van der Waals surface area contributed by atoms with Gasteiger partial charge in [0.2, 0.25) is 11.9 Å². The number of carbonyl (C=O) groups excluding carboxylic acids is 2. The molecule has 3 aromatic rings. The van der Waals surface area contributed by atoms with Gasteiger partial charge in [-0.05, 0) is 44.2 Å². The first kappa shape index (κ1) is 19.4. The Balaban J connectivity index is 1.23. The van der Waals surface area contributed by atoms with E-state index in [0.29, 0.717) is 37.2 Å². The highest BCUT2D eigenvalue weighted by Crippen LogP contribution is 2.47. The smallest absolute Gasteiger partial charge is 0.341 e. The summed E-state index contributed by atoms with van der Waals surface area (Å²) >= 11 is 0. The largest absolute Gasteiger partial charge is 0.451 e. The Bertz CT molecular complexity index is 1150. The van der Waals surface area contributed by atoms with E-state index in [1.807, 2.05) is 31.2 Å². The number of anilines is 1. The van der Waals surface area contributed by atoms with Gasteiger partial charge in [-0.25, -0.2) is 14.8 Å². The molecule has 0 atom stereocenters. The Morgan fingerprint density at radius 3 is 2.61 bits per heavy atom. The first-order valence-corrected chi connectivity index (χ1v) is 10.4. The third-order valence-corrected chi connectivity index (χ3v) is 6.22. The molecule has 0 unspecified atom stereocenters. The summed E-state index contributed by atoms with van der Waals surface area (Å²) < 4.78 is 5.73. The number of nitrogens with one attached hydrogen (secondary N) is 1. The second-order valence-corrected chi connectivity index (χ2v) is 8.23. The molecule has 31 heavy (non-hydrogen) atoms. The number of ether oxygens (including phenoxy) is 1. The number of nitrogens with zero attached hydrogens (tertiary/aromatic N) is 3. The van der Waals surface area contributed by atoms with E-state index in [0.717, 1.165) is 22.3 Å². The monoisotopic (exact) mass is 414 g/mol. The number of rotatable bonds is 3. The third-order valence-electron chi connectivity index (χ3n) is 6.22. The molecule has 0 bridgehead atoms. The van der Waals surface area contributed by atoms with Crippen molar-refractivity contribution in [1.29, 1.82) is 0 Å². The quantitative estimate of drug-likeness (QED) is 0.650. The summed E-state index contributed by atoms with van der Waals surface area (Å²) in [5, 5.41) is 2.83. The van der Waals surface area contributed by atoms with Gasteiger partial charge < -0.3 is 4.74 Å². The average Bonchev–Trinajstić information content (AvgIpc) is 3.06. The van der Waals surface area contributed by atoms with Crippen LogP contribution < -0.4 is 5.32 Å². The van der Waals surface area contributed by atoms with Gasteiger partial charge in [0.05, 0.1) is 5.56 Å². The molecular formula is C24H22N4O3. The standard InChI is InChI=1S/C24H22N4O3/c1-15-3-2-4-17(11-15)18-12-26-23(27-13-18)28-21(29)16-5-8-24(9-6-16)20-7-10-25-14-19(20)22(30)31-24/h2-4,7,10-14,16H,5-6,8-9H2,1H3,(H,26,27,28,29)/t16-,24-. The fourth-order valence-electron chi connectivity index (χ4n) is 4.54. The number of pyridine rings is 1. The molecule has 3 heterocycles. The lowest BCUT2D eigenvalue weighted by Gasteiger charge is -2.35. The lowest BCUT2D eigenvalue weighted by atomic mass is 9.75. The Labute approximate surface area is 179 Å². The van der Waals surface area contributed by atoms with E-state index in [1.165, 1.54) is 0 Å². The zero-order valence-corrected chi connectivity index (χ0v) is 17.2. The van der Waals surface area contributed by atoms with Crippen molar-refractivity contribution in [2.75, 3.05) is 5.32 Å². The van der Waals surface area contributed by atoms with Gasteiger partial charge in [-0.3, -0.25) is 15.1 Å². The van der Waals surface area contributed by atoms with Gasteiger partial charge in [-0.15, -0.1) is 0 Å². The van der Waals surface area contributed by atoms with Crippen molar-refractivity contribution in [2.24, 2.45) is 5.92 Å². The van der Waals surface area contributed by atoms with E-state index < -0.39 is 5.60 Å². The molecule has 1 aliphatic heterocycles. The number of hydrogen-bond donors (Lipinski definition) is 1. The fraction of sp³-hybridized carbons (Fsp3) is 0.292. The second kappa shape index (κ2) is 7.58. The van der Waals surface area contributed by atoms with Crippen LogP contribution in [-0.4, -0.2) is 26.8 Å². The number of esters is 1. The van der Waals surface area contributed by atoms with Crippen LogP contribution in [0.3, 0.4) is 0 Å². The summed E-state index contributed by atoms with van der Waals surface area (Å²) in [5.41, 5.74) is 3.90. The van der Waals surface area contributed by atoms with Gasteiger partial charge in [0.25, 0.3) is 0 Å². The van der Waals surface area contributed by atoms with E-state index in [9.17, 15) is 9.59 Å². The molecule has 7 heteroatoms. The Morgan fingerprint density at radius 1 is 1.10 bits per heavy atom. The minimum atomic E-state index is -0.627. The highest BCUT2D eigenvalue weighted by atomic mass is 16.6. The zero-order valence-electron chi connectivity index (χ0n) is 17.2. The van der Waals surface area contributed by atoms with Gasteiger partial charge in [-0.1, -0.05) is 29.8 Å². The van der Waals surface area contributed by atoms with Gasteiger partial charge in [0.15, 0.2) is 0 Å².